The highest BCUT2D eigenvalue weighted by Gasteiger charge is 2.44. The maximum Gasteiger partial charge on any atom is 0.276 e. The third-order valence-corrected chi connectivity index (χ3v) is 5.52. The quantitative estimate of drug-likeness (QED) is 0.840. The standard InChI is InChI=1S/C18H22N4O3S/c1-11-6-9-15(25-11)16(17(23)19-12-4-2-3-5-12)22(13-7-8-13)18(24)14-10-26-21-20-14/h6,9-10,12-13,16H,2-5,7-8H2,1H3,(H,19,23)/t16-/m1/s1. The molecule has 2 aromatic rings. The van der Waals surface area contributed by atoms with Gasteiger partial charge in [-0.2, -0.15) is 0 Å². The minimum Gasteiger partial charge on any atom is -0.464 e. The van der Waals surface area contributed by atoms with Crippen molar-refractivity contribution in [3.8, 4) is 0 Å². The fraction of sp³-hybridized carbons (Fsp3) is 0.556. The van der Waals surface area contributed by atoms with Crippen LogP contribution in [0.3, 0.4) is 0 Å². The Morgan fingerprint density at radius 2 is 2.04 bits per heavy atom. The van der Waals surface area contributed by atoms with E-state index < -0.39 is 6.04 Å². The summed E-state index contributed by atoms with van der Waals surface area (Å²) in [5.41, 5.74) is 0.281. The molecule has 138 valence electrons. The van der Waals surface area contributed by atoms with Gasteiger partial charge in [0, 0.05) is 17.5 Å². The molecule has 4 rings (SSSR count). The third kappa shape index (κ3) is 3.51. The van der Waals surface area contributed by atoms with E-state index in [0.717, 1.165) is 55.8 Å². The highest BCUT2D eigenvalue weighted by Crippen LogP contribution is 2.37. The summed E-state index contributed by atoms with van der Waals surface area (Å²) in [6.45, 7) is 1.84. The van der Waals surface area contributed by atoms with E-state index in [1.54, 1.807) is 16.3 Å². The molecule has 2 fully saturated rings. The van der Waals surface area contributed by atoms with E-state index in [9.17, 15) is 9.59 Å². The summed E-state index contributed by atoms with van der Waals surface area (Å²) < 4.78 is 9.56. The van der Waals surface area contributed by atoms with Crippen molar-refractivity contribution in [2.24, 2.45) is 0 Å². The first kappa shape index (κ1) is 17.2. The molecule has 2 amide bonds. The second-order valence-corrected chi connectivity index (χ2v) is 7.68. The molecule has 7 nitrogen and oxygen atoms in total. The zero-order valence-corrected chi connectivity index (χ0v) is 15.5. The minimum atomic E-state index is -0.772. The minimum absolute atomic E-state index is 0.0361. The molecular weight excluding hydrogens is 352 g/mol. The zero-order chi connectivity index (χ0) is 18.1. The van der Waals surface area contributed by atoms with Gasteiger partial charge < -0.3 is 14.6 Å². The molecule has 0 unspecified atom stereocenters. The lowest BCUT2D eigenvalue weighted by Gasteiger charge is -2.30. The van der Waals surface area contributed by atoms with Crippen LogP contribution < -0.4 is 5.32 Å². The average Bonchev–Trinajstić information content (AvgIpc) is 3.05. The SMILES string of the molecule is Cc1ccc([C@H](C(=O)NC2CCCC2)N(C(=O)c2csnn2)C2CC2)o1. The number of nitrogens with zero attached hydrogens (tertiary/aromatic N) is 3. The van der Waals surface area contributed by atoms with E-state index in [4.69, 9.17) is 4.42 Å². The van der Waals surface area contributed by atoms with Gasteiger partial charge in [-0.3, -0.25) is 9.59 Å². The highest BCUT2D eigenvalue weighted by molar-refractivity contribution is 7.03. The van der Waals surface area contributed by atoms with Crippen molar-refractivity contribution < 1.29 is 14.0 Å². The van der Waals surface area contributed by atoms with Crippen molar-refractivity contribution in [3.63, 3.8) is 0 Å². The van der Waals surface area contributed by atoms with Crippen LogP contribution >= 0.6 is 11.5 Å². The number of rotatable bonds is 6. The van der Waals surface area contributed by atoms with Gasteiger partial charge in [0.25, 0.3) is 11.8 Å². The van der Waals surface area contributed by atoms with Crippen molar-refractivity contribution in [1.29, 1.82) is 0 Å². The lowest BCUT2D eigenvalue weighted by Crippen LogP contribution is -2.47. The number of aryl methyl sites for hydroxylation is 1. The Hall–Kier alpha value is -2.22. The Morgan fingerprint density at radius 1 is 1.27 bits per heavy atom. The van der Waals surface area contributed by atoms with Gasteiger partial charge in [-0.25, -0.2) is 0 Å². The van der Waals surface area contributed by atoms with E-state index >= 15 is 0 Å². The molecule has 2 aliphatic rings. The smallest absolute Gasteiger partial charge is 0.276 e. The van der Waals surface area contributed by atoms with Gasteiger partial charge in [-0.1, -0.05) is 17.3 Å². The molecule has 2 aromatic heterocycles. The predicted octanol–water partition coefficient (Wildman–Crippen LogP) is 2.84. The summed E-state index contributed by atoms with van der Waals surface area (Å²) in [7, 11) is 0. The summed E-state index contributed by atoms with van der Waals surface area (Å²) in [5.74, 6) is 0.787. The van der Waals surface area contributed by atoms with Crippen molar-refractivity contribution in [2.45, 2.75) is 63.6 Å². The molecule has 2 aliphatic carbocycles. The van der Waals surface area contributed by atoms with Crippen LogP contribution in [0.4, 0.5) is 0 Å². The first-order valence-electron chi connectivity index (χ1n) is 9.10. The van der Waals surface area contributed by atoms with Crippen molar-refractivity contribution >= 4 is 23.3 Å². The van der Waals surface area contributed by atoms with Gasteiger partial charge in [-0.05, 0) is 56.3 Å². The van der Waals surface area contributed by atoms with E-state index in [-0.39, 0.29) is 29.6 Å². The monoisotopic (exact) mass is 374 g/mol. The average molecular weight is 374 g/mol. The van der Waals surface area contributed by atoms with Crippen LogP contribution in [-0.4, -0.2) is 38.4 Å². The van der Waals surface area contributed by atoms with E-state index in [1.807, 2.05) is 13.0 Å². The van der Waals surface area contributed by atoms with Gasteiger partial charge >= 0.3 is 0 Å². The summed E-state index contributed by atoms with van der Waals surface area (Å²) in [6, 6.07) is 3.06. The summed E-state index contributed by atoms with van der Waals surface area (Å²) >= 11 is 1.13. The summed E-state index contributed by atoms with van der Waals surface area (Å²) in [5, 5.41) is 8.65. The Morgan fingerprint density at radius 3 is 2.62 bits per heavy atom. The Kier molecular flexibility index (Phi) is 4.76. The number of hydrogen-bond donors (Lipinski definition) is 1. The molecule has 8 heteroatoms. The fourth-order valence-electron chi connectivity index (χ4n) is 3.58. The van der Waals surface area contributed by atoms with E-state index in [0.29, 0.717) is 5.76 Å². The normalized spacial score (nSPS) is 18.7. The predicted molar refractivity (Wildman–Crippen MR) is 95.7 cm³/mol. The lowest BCUT2D eigenvalue weighted by atomic mass is 10.1. The molecular formula is C18H22N4O3S. The molecule has 0 aromatic carbocycles. The van der Waals surface area contributed by atoms with Gasteiger partial charge in [-0.15, -0.1) is 5.10 Å². The molecule has 26 heavy (non-hydrogen) atoms. The number of carbonyl (C=O) groups excluding carboxylic acids is 2. The lowest BCUT2D eigenvalue weighted by molar-refractivity contribution is -0.127. The Balaban J connectivity index is 1.65. The topological polar surface area (TPSA) is 88.3 Å². The number of hydrogen-bond acceptors (Lipinski definition) is 6. The number of furan rings is 1. The maximum atomic E-state index is 13.2. The molecule has 0 bridgehead atoms. The largest absolute Gasteiger partial charge is 0.464 e. The van der Waals surface area contributed by atoms with Crippen LogP contribution in [-0.2, 0) is 4.79 Å². The van der Waals surface area contributed by atoms with E-state index in [1.165, 1.54) is 0 Å². The number of amides is 2. The zero-order valence-electron chi connectivity index (χ0n) is 14.7. The molecule has 0 spiro atoms. The van der Waals surface area contributed by atoms with E-state index in [2.05, 4.69) is 14.9 Å². The number of carbonyl (C=O) groups is 2. The fourth-order valence-corrected chi connectivity index (χ4v) is 4.01. The highest BCUT2D eigenvalue weighted by atomic mass is 32.1. The first-order chi connectivity index (χ1) is 12.6. The molecule has 0 saturated heterocycles. The third-order valence-electron chi connectivity index (χ3n) is 5.01. The molecule has 2 saturated carbocycles. The number of aromatic nitrogens is 2. The second kappa shape index (κ2) is 7.19. The van der Waals surface area contributed by atoms with Crippen molar-refractivity contribution in [3.05, 3.63) is 34.7 Å². The van der Waals surface area contributed by atoms with Gasteiger partial charge in [0.1, 0.15) is 11.5 Å². The van der Waals surface area contributed by atoms with Crippen LogP contribution in [0.1, 0.15) is 66.6 Å². The Labute approximate surface area is 155 Å². The summed E-state index contributed by atoms with van der Waals surface area (Å²) in [4.78, 5) is 27.9. The first-order valence-corrected chi connectivity index (χ1v) is 9.93. The Bertz CT molecular complexity index is 778. The molecule has 2 heterocycles. The van der Waals surface area contributed by atoms with Crippen LogP contribution in [0.5, 0.6) is 0 Å². The van der Waals surface area contributed by atoms with Crippen molar-refractivity contribution in [2.75, 3.05) is 0 Å². The maximum absolute atomic E-state index is 13.2. The van der Waals surface area contributed by atoms with Crippen LogP contribution in [0.15, 0.2) is 21.9 Å². The van der Waals surface area contributed by atoms with Crippen LogP contribution in [0, 0.1) is 6.92 Å². The van der Waals surface area contributed by atoms with Gasteiger partial charge in [0.05, 0.1) is 0 Å². The molecule has 0 radical (unpaired) electrons. The van der Waals surface area contributed by atoms with Gasteiger partial charge in [0.2, 0.25) is 0 Å². The van der Waals surface area contributed by atoms with Crippen LogP contribution in [0.2, 0.25) is 0 Å². The second-order valence-electron chi connectivity index (χ2n) is 7.07. The molecule has 0 aliphatic heterocycles. The van der Waals surface area contributed by atoms with Gasteiger partial charge in [0.15, 0.2) is 11.7 Å². The van der Waals surface area contributed by atoms with Crippen LogP contribution in [0.25, 0.3) is 0 Å². The number of nitrogens with one attached hydrogen (secondary N) is 1. The summed E-state index contributed by atoms with van der Waals surface area (Å²) in [6.07, 6.45) is 6.01. The van der Waals surface area contributed by atoms with Crippen molar-refractivity contribution in [1.82, 2.24) is 19.8 Å². The molecule has 1 N–H and O–H groups in total. The molecule has 1 atom stereocenters.